The molecule has 3 aromatic carbocycles. The van der Waals surface area contributed by atoms with E-state index in [2.05, 4.69) is 15.6 Å². The third kappa shape index (κ3) is 13.3. The van der Waals surface area contributed by atoms with Gasteiger partial charge in [0, 0.05) is 12.8 Å². The summed E-state index contributed by atoms with van der Waals surface area (Å²) in [5, 5.41) is 4.90. The minimum atomic E-state index is -3.98. The normalized spacial score (nSPS) is 12.2. The molecule has 2 N–H and O–H groups in total. The van der Waals surface area contributed by atoms with Gasteiger partial charge in [-0.3, -0.25) is 15.4 Å². The highest BCUT2D eigenvalue weighted by atomic mass is 31.2. The summed E-state index contributed by atoms with van der Waals surface area (Å²) in [5.74, 6) is 0.418. The lowest BCUT2D eigenvalue weighted by molar-refractivity contribution is -0.118. The quantitative estimate of drug-likeness (QED) is 0.118. The van der Waals surface area contributed by atoms with Gasteiger partial charge in [-0.2, -0.15) is 0 Å². The van der Waals surface area contributed by atoms with Crippen molar-refractivity contribution in [3.63, 3.8) is 0 Å². The van der Waals surface area contributed by atoms with E-state index in [0.29, 0.717) is 17.2 Å². The Morgan fingerprint density at radius 3 is 1.57 bits per heavy atom. The van der Waals surface area contributed by atoms with Gasteiger partial charge in [-0.1, -0.05) is 55.5 Å². The van der Waals surface area contributed by atoms with E-state index in [9.17, 15) is 18.9 Å². The minimum absolute atomic E-state index is 0.0306. The molecular formula is C35H44N3O8P. The number of alkyl carbamates (subject to hydrolysis) is 2. The van der Waals surface area contributed by atoms with E-state index in [0.717, 1.165) is 5.56 Å². The van der Waals surface area contributed by atoms with Crippen LogP contribution in [0.4, 0.5) is 15.3 Å². The molecule has 0 heterocycles. The summed E-state index contributed by atoms with van der Waals surface area (Å²) in [6.45, 7) is 12.0. The molecule has 0 aliphatic carbocycles. The fourth-order valence-corrected chi connectivity index (χ4v) is 6.15. The fraction of sp³-hybridized carbons (Fsp3) is 0.371. The highest BCUT2D eigenvalue weighted by molar-refractivity contribution is 7.55. The number of nitrogens with one attached hydrogen (secondary N) is 2. The van der Waals surface area contributed by atoms with E-state index >= 15 is 0 Å². The van der Waals surface area contributed by atoms with Gasteiger partial charge in [-0.15, -0.1) is 0 Å². The highest BCUT2D eigenvalue weighted by Crippen LogP contribution is 2.55. The summed E-state index contributed by atoms with van der Waals surface area (Å²) in [7, 11) is -3.98. The van der Waals surface area contributed by atoms with Gasteiger partial charge in [0.25, 0.3) is 0 Å². The van der Waals surface area contributed by atoms with Crippen LogP contribution < -0.4 is 19.7 Å². The lowest BCUT2D eigenvalue weighted by Gasteiger charge is -2.27. The molecular weight excluding hydrogens is 621 g/mol. The maximum absolute atomic E-state index is 14.6. The number of amides is 2. The molecule has 3 rings (SSSR count). The second kappa shape index (κ2) is 16.3. The number of hydrogen-bond acceptors (Lipinski definition) is 9. The van der Waals surface area contributed by atoms with Gasteiger partial charge in [0.2, 0.25) is 5.96 Å². The van der Waals surface area contributed by atoms with Gasteiger partial charge in [0.05, 0.1) is 11.3 Å². The van der Waals surface area contributed by atoms with Crippen LogP contribution in [0.1, 0.15) is 66.9 Å². The molecule has 0 aromatic heterocycles. The monoisotopic (exact) mass is 665 g/mol. The molecule has 47 heavy (non-hydrogen) atoms. The molecule has 252 valence electrons. The van der Waals surface area contributed by atoms with Gasteiger partial charge in [-0.25, -0.2) is 19.1 Å². The lowest BCUT2D eigenvalue weighted by Crippen LogP contribution is -2.47. The average molecular weight is 666 g/mol. The number of carbonyl (C=O) groups excluding carboxylic acids is 3. The first-order valence-electron chi connectivity index (χ1n) is 15.3. The molecule has 1 unspecified atom stereocenters. The molecule has 0 fully saturated rings. The Morgan fingerprint density at radius 2 is 1.17 bits per heavy atom. The summed E-state index contributed by atoms with van der Waals surface area (Å²) in [6, 6.07) is 24.2. The standard InChI is InChI=1S/C35H44N3O8P/c1-8-27(39)24-30(47(42,45-28-15-11-9-12-16-28)46-29-17-13-10-14-18-29)23-25-19-21-26(22-20-25)36-31(37-32(40)43-34(2,3)4)38-33(41)44-35(5,6)7/h9-22,30H,8,23-24H2,1-7H3,(H2,36,37,38,40,41). The molecule has 0 spiro atoms. The summed E-state index contributed by atoms with van der Waals surface area (Å²) in [6.07, 6.45) is -1.22. The van der Waals surface area contributed by atoms with Crippen LogP contribution in [-0.2, 0) is 25.3 Å². The van der Waals surface area contributed by atoms with Gasteiger partial charge in [0.1, 0.15) is 28.5 Å². The second-order valence-corrected chi connectivity index (χ2v) is 14.9. The molecule has 0 aliphatic heterocycles. The van der Waals surface area contributed by atoms with E-state index < -0.39 is 36.6 Å². The molecule has 0 saturated carbocycles. The Labute approximate surface area is 276 Å². The molecule has 0 aliphatic rings. The Morgan fingerprint density at radius 1 is 0.723 bits per heavy atom. The largest absolute Gasteiger partial charge is 0.444 e. The van der Waals surface area contributed by atoms with Crippen LogP contribution in [-0.4, -0.2) is 40.8 Å². The molecule has 1 atom stereocenters. The van der Waals surface area contributed by atoms with Crippen LogP contribution in [0.2, 0.25) is 0 Å². The zero-order valence-electron chi connectivity index (χ0n) is 27.9. The predicted octanol–water partition coefficient (Wildman–Crippen LogP) is 8.35. The molecule has 0 saturated heterocycles. The van der Waals surface area contributed by atoms with Crippen molar-refractivity contribution in [2.45, 2.75) is 84.6 Å². The third-order valence-electron chi connectivity index (χ3n) is 6.14. The Hall–Kier alpha value is -4.63. The van der Waals surface area contributed by atoms with Crippen molar-refractivity contribution in [3.8, 4) is 11.5 Å². The van der Waals surface area contributed by atoms with Crippen LogP contribution in [0, 0.1) is 0 Å². The van der Waals surface area contributed by atoms with Crippen molar-refractivity contribution in [3.05, 3.63) is 90.5 Å². The number of Topliss-reactive ketones (excluding diaryl/α,β-unsaturated/α-hetero) is 1. The summed E-state index contributed by atoms with van der Waals surface area (Å²) < 4.78 is 37.3. The summed E-state index contributed by atoms with van der Waals surface area (Å²) >= 11 is 0. The topological polar surface area (TPSA) is 142 Å². The van der Waals surface area contributed by atoms with E-state index in [1.54, 1.807) is 121 Å². The number of para-hydroxylation sites is 2. The van der Waals surface area contributed by atoms with Crippen LogP contribution in [0.5, 0.6) is 11.5 Å². The number of aliphatic imine (C=N–C) groups is 1. The number of rotatable bonds is 11. The third-order valence-corrected chi connectivity index (χ3v) is 8.33. The number of hydrogen-bond donors (Lipinski definition) is 2. The number of guanidine groups is 1. The lowest BCUT2D eigenvalue weighted by atomic mass is 10.0. The minimum Gasteiger partial charge on any atom is -0.444 e. The molecule has 12 heteroatoms. The zero-order chi connectivity index (χ0) is 34.7. The van der Waals surface area contributed by atoms with Crippen LogP contribution >= 0.6 is 7.60 Å². The van der Waals surface area contributed by atoms with Crippen molar-refractivity contribution >= 4 is 37.2 Å². The first-order valence-corrected chi connectivity index (χ1v) is 16.9. The zero-order valence-corrected chi connectivity index (χ0v) is 28.8. The van der Waals surface area contributed by atoms with Crippen molar-refractivity contribution in [2.75, 3.05) is 0 Å². The predicted molar refractivity (Wildman–Crippen MR) is 181 cm³/mol. The second-order valence-electron chi connectivity index (χ2n) is 12.7. The average Bonchev–Trinajstić information content (AvgIpc) is 2.96. The molecule has 11 nitrogen and oxygen atoms in total. The Bertz CT molecular complexity index is 1490. The Balaban J connectivity index is 1.92. The number of ketones is 1. The smallest absolute Gasteiger partial charge is 0.434 e. The maximum atomic E-state index is 14.6. The molecule has 0 bridgehead atoms. The first-order chi connectivity index (χ1) is 22.0. The van der Waals surface area contributed by atoms with E-state index in [-0.39, 0.29) is 31.0 Å². The number of ether oxygens (including phenoxy) is 2. The molecule has 0 radical (unpaired) electrons. The highest BCUT2D eigenvalue weighted by Gasteiger charge is 2.40. The van der Waals surface area contributed by atoms with Gasteiger partial charge < -0.3 is 18.5 Å². The number of carbonyl (C=O) groups is 3. The van der Waals surface area contributed by atoms with Crippen molar-refractivity contribution in [2.24, 2.45) is 4.99 Å². The summed E-state index contributed by atoms with van der Waals surface area (Å²) in [4.78, 5) is 42.1. The van der Waals surface area contributed by atoms with E-state index in [4.69, 9.17) is 18.5 Å². The van der Waals surface area contributed by atoms with Crippen LogP contribution in [0.3, 0.4) is 0 Å². The molecule has 3 aromatic rings. The van der Waals surface area contributed by atoms with Crippen molar-refractivity contribution < 1.29 is 37.5 Å². The summed E-state index contributed by atoms with van der Waals surface area (Å²) in [5.41, 5.74) is -1.28. The maximum Gasteiger partial charge on any atom is 0.434 e. The van der Waals surface area contributed by atoms with Crippen LogP contribution in [0.15, 0.2) is 89.9 Å². The number of nitrogens with zero attached hydrogens (tertiary/aromatic N) is 1. The number of benzene rings is 3. The SMILES string of the molecule is CCC(=O)CC(Cc1ccc(N=C(NC(=O)OC(C)(C)C)NC(=O)OC(C)(C)C)cc1)P(=O)(Oc1ccccc1)Oc1ccccc1. The van der Waals surface area contributed by atoms with Crippen LogP contribution in [0.25, 0.3) is 0 Å². The van der Waals surface area contributed by atoms with Crippen molar-refractivity contribution in [1.29, 1.82) is 0 Å². The van der Waals surface area contributed by atoms with E-state index in [1.807, 2.05) is 12.1 Å². The van der Waals surface area contributed by atoms with Crippen molar-refractivity contribution in [1.82, 2.24) is 10.6 Å². The fourth-order valence-electron chi connectivity index (χ4n) is 4.12. The molecule has 2 amide bonds. The van der Waals surface area contributed by atoms with Gasteiger partial charge in [0.15, 0.2) is 0 Å². The Kier molecular flexibility index (Phi) is 12.8. The van der Waals surface area contributed by atoms with Gasteiger partial charge in [-0.05, 0) is 89.9 Å². The van der Waals surface area contributed by atoms with Gasteiger partial charge >= 0.3 is 19.8 Å². The first kappa shape index (κ1) is 36.8. The van der Waals surface area contributed by atoms with E-state index in [1.165, 1.54) is 0 Å².